The van der Waals surface area contributed by atoms with E-state index in [1.807, 2.05) is 10.9 Å². The van der Waals surface area contributed by atoms with E-state index >= 15 is 0 Å². The molecule has 2 fully saturated rings. The molecule has 3 atom stereocenters. The zero-order valence-corrected chi connectivity index (χ0v) is 17.2. The van der Waals surface area contributed by atoms with Gasteiger partial charge in [-0.05, 0) is 55.2 Å². The summed E-state index contributed by atoms with van der Waals surface area (Å²) in [5.74, 6) is -0.815. The van der Waals surface area contributed by atoms with E-state index in [1.54, 1.807) is 12.1 Å². The lowest BCUT2D eigenvalue weighted by Gasteiger charge is -2.44. The molecule has 0 spiro atoms. The van der Waals surface area contributed by atoms with Gasteiger partial charge in [0.15, 0.2) is 5.79 Å². The van der Waals surface area contributed by atoms with E-state index in [4.69, 9.17) is 9.47 Å². The first-order chi connectivity index (χ1) is 14.0. The molecule has 5 heteroatoms. The highest BCUT2D eigenvalue weighted by Gasteiger charge is 2.57. The molecule has 2 aromatic rings. The maximum atomic E-state index is 13.3. The van der Waals surface area contributed by atoms with E-state index in [0.717, 1.165) is 43.5 Å². The minimum absolute atomic E-state index is 0.226. The number of nitrogens with zero attached hydrogens (tertiary/aromatic N) is 2. The highest BCUT2D eigenvalue weighted by molar-refractivity contribution is 5.57. The number of hydrogen-bond donors (Lipinski definition) is 0. The summed E-state index contributed by atoms with van der Waals surface area (Å²) in [6.45, 7) is 4.46. The number of rotatable bonds is 4. The second-order valence-corrected chi connectivity index (χ2v) is 8.97. The smallest absolute Gasteiger partial charge is 0.178 e. The van der Waals surface area contributed by atoms with Crippen LogP contribution in [0, 0.1) is 11.2 Å². The molecule has 4 nitrogen and oxygen atoms in total. The molecule has 0 radical (unpaired) electrons. The van der Waals surface area contributed by atoms with Gasteiger partial charge in [-0.1, -0.05) is 39.2 Å². The lowest BCUT2D eigenvalue weighted by atomic mass is 9.71. The second-order valence-electron chi connectivity index (χ2n) is 8.97. The lowest BCUT2D eigenvalue weighted by Crippen LogP contribution is -2.49. The van der Waals surface area contributed by atoms with E-state index < -0.39 is 5.79 Å². The van der Waals surface area contributed by atoms with Gasteiger partial charge in [0.05, 0.1) is 29.8 Å². The summed E-state index contributed by atoms with van der Waals surface area (Å²) >= 11 is 0. The number of ether oxygens (including phenoxy) is 2. The van der Waals surface area contributed by atoms with Crippen molar-refractivity contribution in [3.05, 3.63) is 53.6 Å². The normalized spacial score (nSPS) is 30.2. The van der Waals surface area contributed by atoms with E-state index in [2.05, 4.69) is 31.1 Å². The fourth-order valence-electron chi connectivity index (χ4n) is 5.32. The van der Waals surface area contributed by atoms with E-state index in [1.165, 1.54) is 30.5 Å². The molecule has 154 valence electrons. The summed E-state index contributed by atoms with van der Waals surface area (Å²) < 4.78 is 28.6. The molecule has 1 aromatic carbocycles. The fraction of sp³-hybridized carbons (Fsp3) is 0.542. The first kappa shape index (κ1) is 19.0. The highest BCUT2D eigenvalue weighted by atomic mass is 19.1. The SMILES string of the molecule is CCCC1([C@]2(C)C=Cc3c(cnn3-c3ccc(F)cc3)C2)O[C@H]2CCCC[C@@H]2O1. The van der Waals surface area contributed by atoms with Crippen molar-refractivity contribution in [2.75, 3.05) is 0 Å². The van der Waals surface area contributed by atoms with Crippen LogP contribution in [-0.4, -0.2) is 27.8 Å². The molecule has 2 aliphatic carbocycles. The Kier molecular flexibility index (Phi) is 4.63. The molecule has 29 heavy (non-hydrogen) atoms. The summed E-state index contributed by atoms with van der Waals surface area (Å²) in [5.41, 5.74) is 2.85. The molecule has 0 bridgehead atoms. The van der Waals surface area contributed by atoms with Crippen LogP contribution in [0.1, 0.15) is 63.6 Å². The summed E-state index contributed by atoms with van der Waals surface area (Å²) in [6, 6.07) is 6.46. The lowest BCUT2D eigenvalue weighted by molar-refractivity contribution is -0.236. The number of fused-ring (bicyclic) bond motifs is 2. The van der Waals surface area contributed by atoms with Crippen LogP contribution in [0.2, 0.25) is 0 Å². The van der Waals surface area contributed by atoms with Gasteiger partial charge in [0.25, 0.3) is 0 Å². The maximum absolute atomic E-state index is 13.3. The van der Waals surface area contributed by atoms with Crippen LogP contribution < -0.4 is 0 Å². The molecular weight excluding hydrogens is 367 g/mol. The van der Waals surface area contributed by atoms with Gasteiger partial charge in [-0.25, -0.2) is 9.07 Å². The topological polar surface area (TPSA) is 36.3 Å². The average Bonchev–Trinajstić information content (AvgIpc) is 3.30. The third-order valence-corrected chi connectivity index (χ3v) is 6.90. The van der Waals surface area contributed by atoms with E-state index in [9.17, 15) is 4.39 Å². The number of halogens is 1. The third-order valence-electron chi connectivity index (χ3n) is 6.90. The van der Waals surface area contributed by atoms with Crippen LogP contribution in [0.3, 0.4) is 0 Å². The van der Waals surface area contributed by atoms with Crippen molar-refractivity contribution in [3.8, 4) is 5.69 Å². The van der Waals surface area contributed by atoms with Crippen LogP contribution in [0.15, 0.2) is 36.5 Å². The van der Waals surface area contributed by atoms with Crippen molar-refractivity contribution in [1.82, 2.24) is 9.78 Å². The Morgan fingerprint density at radius 3 is 2.48 bits per heavy atom. The van der Waals surface area contributed by atoms with Crippen molar-refractivity contribution >= 4 is 6.08 Å². The highest BCUT2D eigenvalue weighted by Crippen LogP contribution is 2.52. The van der Waals surface area contributed by atoms with Gasteiger partial charge in [-0.2, -0.15) is 5.10 Å². The first-order valence-corrected chi connectivity index (χ1v) is 10.9. The Hall–Kier alpha value is -1.98. The summed E-state index contributed by atoms with van der Waals surface area (Å²) in [4.78, 5) is 0. The number of benzene rings is 1. The third kappa shape index (κ3) is 3.06. The van der Waals surface area contributed by atoms with Crippen LogP contribution >= 0.6 is 0 Å². The van der Waals surface area contributed by atoms with Gasteiger partial charge in [-0.15, -0.1) is 0 Å². The van der Waals surface area contributed by atoms with Crippen molar-refractivity contribution in [1.29, 1.82) is 0 Å². The molecule has 5 rings (SSSR count). The first-order valence-electron chi connectivity index (χ1n) is 10.9. The molecule has 1 aliphatic heterocycles. The fourth-order valence-corrected chi connectivity index (χ4v) is 5.32. The van der Waals surface area contributed by atoms with Crippen LogP contribution in [-0.2, 0) is 15.9 Å². The molecule has 3 aliphatic rings. The molecule has 0 amide bonds. The van der Waals surface area contributed by atoms with Crippen LogP contribution in [0.5, 0.6) is 0 Å². The van der Waals surface area contributed by atoms with Crippen LogP contribution in [0.25, 0.3) is 11.8 Å². The number of hydrogen-bond acceptors (Lipinski definition) is 3. The van der Waals surface area contributed by atoms with Gasteiger partial charge in [0.1, 0.15) is 5.82 Å². The molecule has 1 saturated carbocycles. The predicted molar refractivity (Wildman–Crippen MR) is 110 cm³/mol. The monoisotopic (exact) mass is 396 g/mol. The Labute approximate surface area is 171 Å². The van der Waals surface area contributed by atoms with Gasteiger partial charge in [-0.3, -0.25) is 0 Å². The van der Waals surface area contributed by atoms with Crippen molar-refractivity contribution in [2.45, 2.75) is 76.8 Å². The van der Waals surface area contributed by atoms with Crippen molar-refractivity contribution < 1.29 is 13.9 Å². The summed E-state index contributed by atoms with van der Waals surface area (Å²) in [7, 11) is 0. The van der Waals surface area contributed by atoms with Gasteiger partial charge < -0.3 is 9.47 Å². The van der Waals surface area contributed by atoms with Gasteiger partial charge in [0.2, 0.25) is 0 Å². The van der Waals surface area contributed by atoms with E-state index in [0.29, 0.717) is 0 Å². The minimum atomic E-state index is -0.576. The quantitative estimate of drug-likeness (QED) is 0.690. The number of aromatic nitrogens is 2. The zero-order chi connectivity index (χ0) is 20.1. The molecule has 2 heterocycles. The largest absolute Gasteiger partial charge is 0.343 e. The Morgan fingerprint density at radius 1 is 1.14 bits per heavy atom. The predicted octanol–water partition coefficient (Wildman–Crippen LogP) is 5.44. The second kappa shape index (κ2) is 7.06. The van der Waals surface area contributed by atoms with Crippen molar-refractivity contribution in [3.63, 3.8) is 0 Å². The summed E-state index contributed by atoms with van der Waals surface area (Å²) in [6.07, 6.45) is 14.2. The standard InChI is InChI=1S/C24H29FN2O2/c1-3-13-24(28-21-6-4-5-7-22(21)29-24)23(2)14-12-20-17(15-23)16-26-27(20)19-10-8-18(25)9-11-19/h8-12,14,16,21-22H,3-7,13,15H2,1-2H3/t21-,22-,23+/m0/s1. The Balaban J connectivity index is 1.48. The molecule has 0 N–H and O–H groups in total. The molecule has 1 saturated heterocycles. The molecule has 0 unspecified atom stereocenters. The maximum Gasteiger partial charge on any atom is 0.178 e. The van der Waals surface area contributed by atoms with E-state index in [-0.39, 0.29) is 23.4 Å². The Morgan fingerprint density at radius 2 is 1.83 bits per heavy atom. The molecular formula is C24H29FN2O2. The van der Waals surface area contributed by atoms with Gasteiger partial charge >= 0.3 is 0 Å². The van der Waals surface area contributed by atoms with Crippen LogP contribution in [0.4, 0.5) is 4.39 Å². The van der Waals surface area contributed by atoms with Gasteiger partial charge in [0, 0.05) is 11.8 Å². The average molecular weight is 397 g/mol. The van der Waals surface area contributed by atoms with Crippen molar-refractivity contribution in [2.24, 2.45) is 5.41 Å². The minimum Gasteiger partial charge on any atom is -0.343 e. The zero-order valence-electron chi connectivity index (χ0n) is 17.2. The molecule has 1 aromatic heterocycles. The summed E-state index contributed by atoms with van der Waals surface area (Å²) in [5, 5.41) is 4.59. The Bertz CT molecular complexity index is 905.